The molecule has 0 aliphatic heterocycles. The van der Waals surface area contributed by atoms with E-state index in [2.05, 4.69) is 48.1 Å². The Morgan fingerprint density at radius 1 is 1.35 bits per heavy atom. The van der Waals surface area contributed by atoms with Crippen LogP contribution in [0, 0.1) is 5.92 Å². The molecule has 3 rings (SSSR count). The van der Waals surface area contributed by atoms with Gasteiger partial charge in [-0.25, -0.2) is 0 Å². The highest BCUT2D eigenvalue weighted by molar-refractivity contribution is 5.81. The zero-order valence-corrected chi connectivity index (χ0v) is 12.6. The molecule has 20 heavy (non-hydrogen) atoms. The number of para-hydroxylation sites is 1. The van der Waals surface area contributed by atoms with E-state index in [1.807, 2.05) is 0 Å². The normalized spacial score (nSPS) is 16.7. The van der Waals surface area contributed by atoms with Gasteiger partial charge < -0.3 is 5.32 Å². The summed E-state index contributed by atoms with van der Waals surface area (Å²) in [5, 5.41) is 9.76. The zero-order chi connectivity index (χ0) is 13.9. The van der Waals surface area contributed by atoms with Crippen LogP contribution < -0.4 is 5.32 Å². The van der Waals surface area contributed by atoms with Crippen molar-refractivity contribution >= 4 is 10.9 Å². The number of nitrogens with one attached hydrogen (secondary N) is 1. The lowest BCUT2D eigenvalue weighted by atomic mass is 10.1. The van der Waals surface area contributed by atoms with Crippen LogP contribution >= 0.6 is 0 Å². The summed E-state index contributed by atoms with van der Waals surface area (Å²) in [5.41, 5.74) is 2.49. The fraction of sp³-hybridized carbons (Fsp3) is 0.588. The third-order valence-corrected chi connectivity index (χ3v) is 4.14. The minimum absolute atomic E-state index is 0.688. The fourth-order valence-corrected chi connectivity index (χ4v) is 2.87. The van der Waals surface area contributed by atoms with Crippen molar-refractivity contribution in [1.29, 1.82) is 0 Å². The van der Waals surface area contributed by atoms with Crippen LogP contribution in [0.1, 0.15) is 45.2 Å². The van der Waals surface area contributed by atoms with Crippen molar-refractivity contribution in [2.24, 2.45) is 5.92 Å². The van der Waals surface area contributed by atoms with Gasteiger partial charge in [-0.15, -0.1) is 0 Å². The van der Waals surface area contributed by atoms with E-state index in [1.54, 1.807) is 0 Å². The van der Waals surface area contributed by atoms with E-state index in [4.69, 9.17) is 5.10 Å². The number of hydrogen-bond acceptors (Lipinski definition) is 2. The highest BCUT2D eigenvalue weighted by Gasteiger charge is 2.21. The SMILES string of the molecule is CCCC(C)Cn1nc(CNC2CC2)c2ccccc21. The number of aromatic nitrogens is 2. The van der Waals surface area contributed by atoms with E-state index in [-0.39, 0.29) is 0 Å². The highest BCUT2D eigenvalue weighted by Crippen LogP contribution is 2.23. The summed E-state index contributed by atoms with van der Waals surface area (Å²) in [6.45, 7) is 6.50. The molecule has 2 aromatic rings. The summed E-state index contributed by atoms with van der Waals surface area (Å²) in [6, 6.07) is 9.36. The second-order valence-corrected chi connectivity index (χ2v) is 6.19. The molecule has 1 aromatic heterocycles. The Kier molecular flexibility index (Phi) is 4.06. The van der Waals surface area contributed by atoms with E-state index in [0.29, 0.717) is 5.92 Å². The minimum atomic E-state index is 0.688. The number of nitrogens with zero attached hydrogens (tertiary/aromatic N) is 2. The molecule has 1 saturated carbocycles. The molecule has 0 amide bonds. The molecule has 1 unspecified atom stereocenters. The minimum Gasteiger partial charge on any atom is -0.308 e. The molecule has 1 aliphatic carbocycles. The quantitative estimate of drug-likeness (QED) is 0.831. The Labute approximate surface area is 121 Å². The summed E-state index contributed by atoms with van der Waals surface area (Å²) in [5.74, 6) is 0.688. The number of benzene rings is 1. The van der Waals surface area contributed by atoms with Gasteiger partial charge in [-0.1, -0.05) is 38.5 Å². The van der Waals surface area contributed by atoms with Gasteiger partial charge in [0.2, 0.25) is 0 Å². The summed E-state index contributed by atoms with van der Waals surface area (Å²) in [4.78, 5) is 0. The van der Waals surface area contributed by atoms with Crippen LogP contribution in [0.2, 0.25) is 0 Å². The van der Waals surface area contributed by atoms with Gasteiger partial charge in [-0.3, -0.25) is 4.68 Å². The van der Waals surface area contributed by atoms with Gasteiger partial charge in [0.15, 0.2) is 0 Å². The van der Waals surface area contributed by atoms with Crippen molar-refractivity contribution in [1.82, 2.24) is 15.1 Å². The molecule has 3 nitrogen and oxygen atoms in total. The molecule has 1 aromatic carbocycles. The summed E-state index contributed by atoms with van der Waals surface area (Å²) < 4.78 is 2.21. The lowest BCUT2D eigenvalue weighted by Crippen LogP contribution is -2.16. The Morgan fingerprint density at radius 3 is 2.90 bits per heavy atom. The largest absolute Gasteiger partial charge is 0.308 e. The van der Waals surface area contributed by atoms with Crippen molar-refractivity contribution < 1.29 is 0 Å². The lowest BCUT2D eigenvalue weighted by Gasteiger charge is -2.10. The monoisotopic (exact) mass is 271 g/mol. The molecule has 108 valence electrons. The predicted octanol–water partition coefficient (Wildman–Crippen LogP) is 3.72. The molecule has 3 heteroatoms. The van der Waals surface area contributed by atoms with Crippen molar-refractivity contribution in [3.05, 3.63) is 30.0 Å². The van der Waals surface area contributed by atoms with Crippen LogP contribution in [0.25, 0.3) is 10.9 Å². The van der Waals surface area contributed by atoms with Crippen LogP contribution in [0.4, 0.5) is 0 Å². The Bertz CT molecular complexity index is 569. The predicted molar refractivity (Wildman–Crippen MR) is 83.7 cm³/mol. The molecule has 1 fully saturated rings. The molecular formula is C17H25N3. The fourth-order valence-electron chi connectivity index (χ4n) is 2.87. The van der Waals surface area contributed by atoms with Gasteiger partial charge >= 0.3 is 0 Å². The lowest BCUT2D eigenvalue weighted by molar-refractivity contribution is 0.425. The van der Waals surface area contributed by atoms with Crippen molar-refractivity contribution in [2.45, 2.75) is 58.7 Å². The van der Waals surface area contributed by atoms with Gasteiger partial charge in [0.25, 0.3) is 0 Å². The Morgan fingerprint density at radius 2 is 2.15 bits per heavy atom. The van der Waals surface area contributed by atoms with Gasteiger partial charge in [-0.2, -0.15) is 5.10 Å². The van der Waals surface area contributed by atoms with Crippen LogP contribution in [0.3, 0.4) is 0 Å². The smallest absolute Gasteiger partial charge is 0.0841 e. The highest BCUT2D eigenvalue weighted by atomic mass is 15.3. The third kappa shape index (κ3) is 3.04. The average Bonchev–Trinajstić information content (AvgIpc) is 3.21. The molecule has 0 radical (unpaired) electrons. The van der Waals surface area contributed by atoms with Crippen LogP contribution in [-0.4, -0.2) is 15.8 Å². The van der Waals surface area contributed by atoms with Crippen molar-refractivity contribution in [3.8, 4) is 0 Å². The van der Waals surface area contributed by atoms with Crippen LogP contribution in [0.5, 0.6) is 0 Å². The van der Waals surface area contributed by atoms with Crippen LogP contribution in [0.15, 0.2) is 24.3 Å². The van der Waals surface area contributed by atoms with E-state index in [9.17, 15) is 0 Å². The third-order valence-electron chi connectivity index (χ3n) is 4.14. The van der Waals surface area contributed by atoms with E-state index < -0.39 is 0 Å². The maximum Gasteiger partial charge on any atom is 0.0841 e. The Hall–Kier alpha value is -1.35. The molecule has 1 aliphatic rings. The first-order valence-corrected chi connectivity index (χ1v) is 7.95. The van der Waals surface area contributed by atoms with Crippen molar-refractivity contribution in [3.63, 3.8) is 0 Å². The molecule has 1 heterocycles. The average molecular weight is 271 g/mol. The molecule has 1 atom stereocenters. The molecule has 0 spiro atoms. The molecule has 1 N–H and O–H groups in total. The second-order valence-electron chi connectivity index (χ2n) is 6.19. The first kappa shape index (κ1) is 13.6. The second kappa shape index (κ2) is 5.96. The van der Waals surface area contributed by atoms with Crippen molar-refractivity contribution in [2.75, 3.05) is 0 Å². The van der Waals surface area contributed by atoms with E-state index in [0.717, 1.165) is 19.1 Å². The first-order valence-electron chi connectivity index (χ1n) is 7.95. The first-order chi connectivity index (χ1) is 9.78. The standard InChI is InChI=1S/C17H25N3/c1-3-6-13(2)12-20-17-8-5-4-7-15(17)16(19-20)11-18-14-9-10-14/h4-5,7-8,13-14,18H,3,6,9-12H2,1-2H3. The van der Waals surface area contributed by atoms with E-state index in [1.165, 1.54) is 42.3 Å². The topological polar surface area (TPSA) is 29.9 Å². The molecule has 0 saturated heterocycles. The maximum atomic E-state index is 4.87. The molecule has 0 bridgehead atoms. The van der Waals surface area contributed by atoms with Gasteiger partial charge in [0.05, 0.1) is 11.2 Å². The summed E-state index contributed by atoms with van der Waals surface area (Å²) in [7, 11) is 0. The van der Waals surface area contributed by atoms with Crippen LogP contribution in [-0.2, 0) is 13.1 Å². The number of fused-ring (bicyclic) bond motifs is 1. The maximum absolute atomic E-state index is 4.87. The van der Waals surface area contributed by atoms with Gasteiger partial charge in [0.1, 0.15) is 0 Å². The summed E-state index contributed by atoms with van der Waals surface area (Å²) in [6.07, 6.45) is 5.17. The number of rotatable bonds is 7. The Balaban J connectivity index is 1.82. The van der Waals surface area contributed by atoms with Gasteiger partial charge in [-0.05, 0) is 31.2 Å². The molecular weight excluding hydrogens is 246 g/mol. The summed E-state index contributed by atoms with van der Waals surface area (Å²) >= 11 is 0. The van der Waals surface area contributed by atoms with E-state index >= 15 is 0 Å². The zero-order valence-electron chi connectivity index (χ0n) is 12.6. The number of hydrogen-bond donors (Lipinski definition) is 1. The van der Waals surface area contributed by atoms with Gasteiger partial charge in [0, 0.05) is 24.5 Å².